The van der Waals surface area contributed by atoms with Gasteiger partial charge in [-0.2, -0.15) is 0 Å². The Balaban J connectivity index is 1.45. The zero-order chi connectivity index (χ0) is 23.4. The van der Waals surface area contributed by atoms with Gasteiger partial charge in [0.25, 0.3) is 5.56 Å². The van der Waals surface area contributed by atoms with Crippen molar-refractivity contribution in [2.24, 2.45) is 0 Å². The maximum atomic E-state index is 13.1. The van der Waals surface area contributed by atoms with Crippen LogP contribution in [-0.2, 0) is 13.0 Å². The Kier molecular flexibility index (Phi) is 7.08. The van der Waals surface area contributed by atoms with E-state index < -0.39 is 0 Å². The van der Waals surface area contributed by atoms with E-state index in [0.29, 0.717) is 25.0 Å². The number of aryl methyl sites for hydroxylation is 1. The van der Waals surface area contributed by atoms with E-state index in [1.54, 1.807) is 0 Å². The van der Waals surface area contributed by atoms with E-state index >= 15 is 0 Å². The summed E-state index contributed by atoms with van der Waals surface area (Å²) in [5.41, 5.74) is 2.83. The van der Waals surface area contributed by atoms with Crippen molar-refractivity contribution >= 4 is 22.6 Å². The van der Waals surface area contributed by atoms with Crippen molar-refractivity contribution in [1.82, 2.24) is 19.4 Å². The van der Waals surface area contributed by atoms with Crippen molar-refractivity contribution in [3.8, 4) is 0 Å². The molecule has 4 rings (SSSR count). The summed E-state index contributed by atoms with van der Waals surface area (Å²) in [4.78, 5) is 34.9. The van der Waals surface area contributed by atoms with Gasteiger partial charge in [-0.3, -0.25) is 14.3 Å². The number of hydrogen-bond acceptors (Lipinski definition) is 4. The summed E-state index contributed by atoms with van der Waals surface area (Å²) < 4.78 is 1.83. The smallest absolute Gasteiger partial charge is 0.321 e. The molecule has 1 N–H and O–H groups in total. The van der Waals surface area contributed by atoms with Crippen LogP contribution in [0.4, 0.5) is 10.5 Å². The van der Waals surface area contributed by atoms with Gasteiger partial charge >= 0.3 is 6.03 Å². The molecule has 0 aliphatic carbocycles. The Bertz CT molecular complexity index is 1160. The highest BCUT2D eigenvalue weighted by atomic mass is 16.2. The van der Waals surface area contributed by atoms with Gasteiger partial charge in [0.1, 0.15) is 5.82 Å². The summed E-state index contributed by atoms with van der Waals surface area (Å²) in [6.45, 7) is 9.68. The maximum Gasteiger partial charge on any atom is 0.321 e. The minimum atomic E-state index is -0.0710. The molecule has 0 saturated carbocycles. The fraction of sp³-hybridized carbons (Fsp3) is 0.423. The van der Waals surface area contributed by atoms with Crippen LogP contribution in [0.15, 0.2) is 53.3 Å². The Morgan fingerprint density at radius 2 is 1.73 bits per heavy atom. The molecule has 2 amide bonds. The van der Waals surface area contributed by atoms with Gasteiger partial charge in [0, 0.05) is 38.4 Å². The van der Waals surface area contributed by atoms with E-state index in [2.05, 4.69) is 31.0 Å². The molecule has 1 saturated heterocycles. The molecular weight excluding hydrogens is 414 g/mol. The number of carbonyl (C=O) groups excluding carboxylic acids is 1. The Hall–Kier alpha value is -3.19. The van der Waals surface area contributed by atoms with Gasteiger partial charge in [-0.05, 0) is 49.6 Å². The molecule has 7 heteroatoms. The predicted octanol–water partition coefficient (Wildman–Crippen LogP) is 4.28. The molecule has 1 aliphatic heterocycles. The quantitative estimate of drug-likeness (QED) is 0.612. The standard InChI is InChI=1S/C26H33N5O2/c1-4-14-31-24(28-23-9-7-6-8-22(23)25(31)32)19(3)29-15-17-30(18-16-29)26(33)27-21-12-10-20(5-2)11-13-21/h6-13,19H,4-5,14-18H2,1-3H3,(H,27,33). The first kappa shape index (κ1) is 23.0. The van der Waals surface area contributed by atoms with Crippen molar-refractivity contribution in [2.75, 3.05) is 31.5 Å². The molecule has 174 valence electrons. The number of carbonyl (C=O) groups is 1. The lowest BCUT2D eigenvalue weighted by Crippen LogP contribution is -2.51. The van der Waals surface area contributed by atoms with Crippen molar-refractivity contribution in [2.45, 2.75) is 46.2 Å². The first-order valence-electron chi connectivity index (χ1n) is 11.9. The van der Waals surface area contributed by atoms with Crippen molar-refractivity contribution in [1.29, 1.82) is 0 Å². The monoisotopic (exact) mass is 447 g/mol. The highest BCUT2D eigenvalue weighted by Gasteiger charge is 2.27. The van der Waals surface area contributed by atoms with Crippen LogP contribution in [0.25, 0.3) is 10.9 Å². The van der Waals surface area contributed by atoms with Crippen molar-refractivity contribution < 1.29 is 4.79 Å². The normalized spacial score (nSPS) is 15.5. The summed E-state index contributed by atoms with van der Waals surface area (Å²) in [6.07, 6.45) is 1.85. The van der Waals surface area contributed by atoms with E-state index in [-0.39, 0.29) is 17.6 Å². The van der Waals surface area contributed by atoms with Gasteiger partial charge in [-0.25, -0.2) is 9.78 Å². The van der Waals surface area contributed by atoms with Crippen LogP contribution < -0.4 is 10.9 Å². The lowest BCUT2D eigenvalue weighted by Gasteiger charge is -2.38. The van der Waals surface area contributed by atoms with Gasteiger partial charge in [0.15, 0.2) is 0 Å². The van der Waals surface area contributed by atoms with Crippen LogP contribution in [0.2, 0.25) is 0 Å². The molecule has 1 aromatic heterocycles. The Morgan fingerprint density at radius 3 is 2.39 bits per heavy atom. The molecule has 7 nitrogen and oxygen atoms in total. The minimum absolute atomic E-state index is 0.0133. The molecule has 2 heterocycles. The molecule has 1 fully saturated rings. The highest BCUT2D eigenvalue weighted by Crippen LogP contribution is 2.22. The number of piperazine rings is 1. The number of nitrogens with zero attached hydrogens (tertiary/aromatic N) is 4. The molecule has 1 aliphatic rings. The van der Waals surface area contributed by atoms with Gasteiger partial charge in [0.2, 0.25) is 0 Å². The fourth-order valence-electron chi connectivity index (χ4n) is 4.45. The number of benzene rings is 2. The van der Waals surface area contributed by atoms with Gasteiger partial charge in [-0.15, -0.1) is 0 Å². The highest BCUT2D eigenvalue weighted by molar-refractivity contribution is 5.89. The van der Waals surface area contributed by atoms with Gasteiger partial charge < -0.3 is 10.2 Å². The lowest BCUT2D eigenvalue weighted by atomic mass is 10.1. The first-order chi connectivity index (χ1) is 16.0. The molecular formula is C26H33N5O2. The second kappa shape index (κ2) is 10.2. The van der Waals surface area contributed by atoms with E-state index in [4.69, 9.17) is 4.98 Å². The number of rotatable bonds is 6. The van der Waals surface area contributed by atoms with Crippen LogP contribution in [0, 0.1) is 0 Å². The number of fused-ring (bicyclic) bond motifs is 1. The SMILES string of the molecule is CCCn1c(C(C)N2CCN(C(=O)Nc3ccc(CC)cc3)CC2)nc2ccccc2c1=O. The third kappa shape index (κ3) is 4.93. The molecule has 1 atom stereocenters. The van der Waals surface area contributed by atoms with Crippen LogP contribution in [0.3, 0.4) is 0 Å². The summed E-state index contributed by atoms with van der Waals surface area (Å²) in [5, 5.41) is 3.67. The number of urea groups is 1. The number of anilines is 1. The van der Waals surface area contributed by atoms with Crippen molar-refractivity contribution in [3.63, 3.8) is 0 Å². The number of aromatic nitrogens is 2. The van der Waals surface area contributed by atoms with Gasteiger partial charge in [-0.1, -0.05) is 38.1 Å². The molecule has 0 bridgehead atoms. The number of para-hydroxylation sites is 1. The van der Waals surface area contributed by atoms with Crippen LogP contribution in [0.1, 0.15) is 44.6 Å². The Morgan fingerprint density at radius 1 is 1.03 bits per heavy atom. The van der Waals surface area contributed by atoms with Crippen molar-refractivity contribution in [3.05, 3.63) is 70.3 Å². The predicted molar refractivity (Wildman–Crippen MR) is 133 cm³/mol. The van der Waals surface area contributed by atoms with E-state index in [1.807, 2.05) is 58.0 Å². The Labute approximate surface area is 195 Å². The van der Waals surface area contributed by atoms with Crippen LogP contribution >= 0.6 is 0 Å². The van der Waals surface area contributed by atoms with E-state index in [1.165, 1.54) is 5.56 Å². The molecule has 0 spiro atoms. The summed E-state index contributed by atoms with van der Waals surface area (Å²) >= 11 is 0. The second-order valence-corrected chi connectivity index (χ2v) is 8.62. The largest absolute Gasteiger partial charge is 0.322 e. The summed E-state index contributed by atoms with van der Waals surface area (Å²) in [5.74, 6) is 0.800. The van der Waals surface area contributed by atoms with E-state index in [0.717, 1.165) is 43.0 Å². The maximum absolute atomic E-state index is 13.1. The molecule has 2 aromatic carbocycles. The fourth-order valence-corrected chi connectivity index (χ4v) is 4.45. The summed E-state index contributed by atoms with van der Waals surface area (Å²) in [6, 6.07) is 15.5. The van der Waals surface area contributed by atoms with Gasteiger partial charge in [0.05, 0.1) is 16.9 Å². The average Bonchev–Trinajstić information content (AvgIpc) is 2.86. The third-order valence-corrected chi connectivity index (χ3v) is 6.47. The minimum Gasteiger partial charge on any atom is -0.322 e. The summed E-state index contributed by atoms with van der Waals surface area (Å²) in [7, 11) is 0. The topological polar surface area (TPSA) is 70.5 Å². The molecule has 3 aromatic rings. The zero-order valence-corrected chi connectivity index (χ0v) is 19.8. The average molecular weight is 448 g/mol. The number of nitrogens with one attached hydrogen (secondary N) is 1. The third-order valence-electron chi connectivity index (χ3n) is 6.47. The van der Waals surface area contributed by atoms with Crippen LogP contribution in [0.5, 0.6) is 0 Å². The number of amides is 2. The molecule has 1 unspecified atom stereocenters. The number of hydrogen-bond donors (Lipinski definition) is 1. The first-order valence-corrected chi connectivity index (χ1v) is 11.9. The van der Waals surface area contributed by atoms with E-state index in [9.17, 15) is 9.59 Å². The lowest BCUT2D eigenvalue weighted by molar-refractivity contribution is 0.114. The molecule has 0 radical (unpaired) electrons. The second-order valence-electron chi connectivity index (χ2n) is 8.62. The molecule has 33 heavy (non-hydrogen) atoms. The van der Waals surface area contributed by atoms with Crippen LogP contribution in [-0.4, -0.2) is 51.6 Å². The zero-order valence-electron chi connectivity index (χ0n) is 19.8.